The van der Waals surface area contributed by atoms with Crippen molar-refractivity contribution < 1.29 is 158 Å². The van der Waals surface area contributed by atoms with Crippen molar-refractivity contribution in [2.75, 3.05) is 55.9 Å². The van der Waals surface area contributed by atoms with E-state index in [1.54, 1.807) is 54.8 Å². The summed E-state index contributed by atoms with van der Waals surface area (Å²) in [6, 6.07) is 30.0. The molecular formula is C67H86N5Na2O20S2-. The zero-order valence-corrected chi connectivity index (χ0v) is 60.1. The smallest absolute Gasteiger partial charge is 0.870 e. The molecule has 1 saturated carbocycles. The van der Waals surface area contributed by atoms with Crippen LogP contribution in [0.5, 0.6) is 0 Å². The van der Waals surface area contributed by atoms with Crippen LogP contribution in [-0.4, -0.2) is 212 Å². The number of rotatable bonds is 35. The van der Waals surface area contributed by atoms with Crippen LogP contribution >= 0.6 is 23.5 Å². The Hall–Kier alpha value is -4.70. The van der Waals surface area contributed by atoms with Crippen molar-refractivity contribution in [3.05, 3.63) is 120 Å². The largest absolute Gasteiger partial charge is 1.00 e. The molecule has 96 heavy (non-hydrogen) atoms. The zero-order valence-electron chi connectivity index (χ0n) is 54.5. The van der Waals surface area contributed by atoms with Crippen LogP contribution in [0.4, 0.5) is 0 Å². The van der Waals surface area contributed by atoms with E-state index >= 15 is 0 Å². The summed E-state index contributed by atoms with van der Waals surface area (Å²) in [6.07, 6.45) is -8.92. The minimum atomic E-state index is -2.57. The standard InChI is InChI=1S/C67H86N5O19S2.2Na.H2O/c1-41(74)71-56-52(77)36-66(40-73,90-60(56)58(81)54(79)38-69-63(84)49-23-17-45(18-24-49)43-12-5-3-6-13-43)88-30-10-34-93-35-29-68-62(83)48-27-21-47(22-28-48)51(76)16-9-32-92-33-11-31-89-67(65(86)87)37-53(78)57(72-42(2)75)61(91-67)59(82)55(80)39-70-64(85)50-25-19-46(20-26-50)44-14-7-4-8-15-44;;;/h3-8,12-15,17-20,23-26,47-48,52-61,77-82H,9-11,16,21-22,27-39H2,1-2H3,(H,68,83)(H,69,84)(H,70,85)(H,71,74)(H,72,75)(H,86,87);;;1H2/q-1;2*+1;/p-2/t47?,48?,52-,53-,54+,55+,56+,57+,58+,59+,60+,61+,66+,67+;;;/m0.../s1. The fourth-order valence-electron chi connectivity index (χ4n) is 11.6. The molecule has 514 valence electrons. The summed E-state index contributed by atoms with van der Waals surface area (Å²) in [5.41, 5.74) is 4.26. The van der Waals surface area contributed by atoms with Gasteiger partial charge in [0.25, 0.3) is 11.8 Å². The number of hydrogen-bond acceptors (Lipinski definition) is 22. The molecule has 0 spiro atoms. The van der Waals surface area contributed by atoms with Gasteiger partial charge in [0.1, 0.15) is 36.2 Å². The Bertz CT molecular complexity index is 3090. The van der Waals surface area contributed by atoms with E-state index in [1.165, 1.54) is 30.4 Å². The monoisotopic (exact) mass is 1390 g/mol. The quantitative estimate of drug-likeness (QED) is 0.0118. The number of amides is 5. The third-order valence-electron chi connectivity index (χ3n) is 16.6. The summed E-state index contributed by atoms with van der Waals surface area (Å²) >= 11 is 3.05. The van der Waals surface area contributed by atoms with Gasteiger partial charge in [0, 0.05) is 88.1 Å². The van der Waals surface area contributed by atoms with Crippen molar-refractivity contribution >= 4 is 71.1 Å². The third-order valence-corrected chi connectivity index (χ3v) is 18.8. The van der Waals surface area contributed by atoms with E-state index < -0.39 is 128 Å². The second kappa shape index (κ2) is 41.8. The van der Waals surface area contributed by atoms with Gasteiger partial charge in [-0.3, -0.25) is 28.8 Å². The first kappa shape index (κ1) is 83.7. The molecule has 1 aliphatic carbocycles. The number of carbonyl (C=O) groups is 7. The van der Waals surface area contributed by atoms with E-state index in [0.717, 1.165) is 29.2 Å². The van der Waals surface area contributed by atoms with Crippen LogP contribution in [-0.2, 0) is 47.7 Å². The van der Waals surface area contributed by atoms with Crippen molar-refractivity contribution in [3.8, 4) is 22.3 Å². The molecule has 3 aliphatic rings. The van der Waals surface area contributed by atoms with Gasteiger partial charge in [-0.25, -0.2) is 6.29 Å². The van der Waals surface area contributed by atoms with Crippen LogP contribution in [0, 0.1) is 11.8 Å². The molecule has 4 aromatic carbocycles. The van der Waals surface area contributed by atoms with Gasteiger partial charge in [0.15, 0.2) is 0 Å². The fourth-order valence-corrected chi connectivity index (χ4v) is 13.2. The number of carboxylic acids is 1. The van der Waals surface area contributed by atoms with E-state index in [0.29, 0.717) is 86.5 Å². The van der Waals surface area contributed by atoms with Crippen molar-refractivity contribution in [2.24, 2.45) is 11.8 Å². The number of aliphatic hydroxyl groups is 6. The number of ketones is 1. The van der Waals surface area contributed by atoms with E-state index in [9.17, 15) is 74.1 Å². The van der Waals surface area contributed by atoms with E-state index in [2.05, 4.69) is 26.6 Å². The van der Waals surface area contributed by atoms with Crippen LogP contribution in [0.2, 0.25) is 0 Å². The number of aliphatic hydroxyl groups excluding tert-OH is 6. The van der Waals surface area contributed by atoms with Gasteiger partial charge in [-0.2, -0.15) is 23.5 Å². The molecule has 2 heterocycles. The summed E-state index contributed by atoms with van der Waals surface area (Å²) in [6.45, 7) is 1.58. The number of aliphatic carboxylic acids is 1. The second-order valence-corrected chi connectivity index (χ2v) is 26.0. The molecule has 2 saturated heterocycles. The Balaban J connectivity index is 0.00000653. The van der Waals surface area contributed by atoms with Crippen molar-refractivity contribution in [2.45, 2.75) is 151 Å². The van der Waals surface area contributed by atoms with E-state index in [-0.39, 0.29) is 107 Å². The number of ether oxygens (including phenoxy) is 4. The average molecular weight is 1390 g/mol. The van der Waals surface area contributed by atoms with Crippen molar-refractivity contribution in [1.82, 2.24) is 26.6 Å². The average Bonchev–Trinajstić information content (AvgIpc) is 0.780. The van der Waals surface area contributed by atoms with Crippen LogP contribution in [0.15, 0.2) is 109 Å². The first-order chi connectivity index (χ1) is 44.6. The predicted molar refractivity (Wildman–Crippen MR) is 345 cm³/mol. The SMILES string of the molecule is CC(=O)N[C@H]1[C@H]([C@H](O)[C@H](O)CNC(=O)c2ccc(-c3ccccc3)cc2)O[C@]([C-]=O)(OCCCSCCNC(=O)C2CCC(C(=O)CCCSCCCO[C@]3(C(=O)[O-])C[C@H](O)[C@@H](NC(C)=O)[C@H]([C@H](O)[C@H](O)CNC(=O)c4ccc(-c5ccccc5)cc4)O3)CC2)C[C@@H]1O.[Na+].[Na+].[OH-]. The minimum Gasteiger partial charge on any atom is -0.870 e. The summed E-state index contributed by atoms with van der Waals surface area (Å²) in [5.74, 6) is -6.94. The molecule has 7 rings (SSSR count). The Kier molecular flexibility index (Phi) is 36.4. The number of carboxylic acid groups (broad SMARTS) is 1. The van der Waals surface area contributed by atoms with Gasteiger partial charge in [0.2, 0.25) is 23.5 Å². The Morgan fingerprint density at radius 1 is 0.583 bits per heavy atom. The van der Waals surface area contributed by atoms with Crippen LogP contribution in [0.25, 0.3) is 22.3 Å². The molecule has 12 atom stereocenters. The summed E-state index contributed by atoms with van der Waals surface area (Å²) in [5, 5.41) is 92.5. The maximum absolute atomic E-state index is 13.2. The molecule has 0 aromatic heterocycles. The molecule has 3 fully saturated rings. The van der Waals surface area contributed by atoms with Crippen LogP contribution in [0.1, 0.15) is 98.8 Å². The molecule has 12 N–H and O–H groups in total. The van der Waals surface area contributed by atoms with Gasteiger partial charge in [-0.15, -0.1) is 0 Å². The molecule has 25 nitrogen and oxygen atoms in total. The van der Waals surface area contributed by atoms with Crippen molar-refractivity contribution in [1.29, 1.82) is 0 Å². The predicted octanol–water partition coefficient (Wildman–Crippen LogP) is -4.43. The molecule has 0 radical (unpaired) electrons. The first-order valence-corrected chi connectivity index (χ1v) is 33.6. The molecule has 0 unspecified atom stereocenters. The number of nitrogens with one attached hydrogen (secondary N) is 5. The number of thioether (sulfide) groups is 2. The van der Waals surface area contributed by atoms with Gasteiger partial charge in [-0.05, 0) is 109 Å². The Labute approximate surface area is 611 Å². The van der Waals surface area contributed by atoms with Gasteiger partial charge < -0.3 is 96.3 Å². The Morgan fingerprint density at radius 3 is 1.48 bits per heavy atom. The third kappa shape index (κ3) is 24.6. The maximum Gasteiger partial charge on any atom is 1.00 e. The molecule has 0 bridgehead atoms. The molecular weight excluding hydrogens is 1300 g/mol. The normalized spacial score (nSPS) is 24.2. The first-order valence-electron chi connectivity index (χ1n) is 31.3. The summed E-state index contributed by atoms with van der Waals surface area (Å²) in [7, 11) is 0. The number of carbonyl (C=O) groups excluding carboxylic acids is 8. The molecule has 29 heteroatoms. The van der Waals surface area contributed by atoms with Crippen LogP contribution in [0.3, 0.4) is 0 Å². The number of benzene rings is 4. The van der Waals surface area contributed by atoms with Crippen molar-refractivity contribution in [3.63, 3.8) is 0 Å². The summed E-state index contributed by atoms with van der Waals surface area (Å²) in [4.78, 5) is 102. The molecule has 2 aliphatic heterocycles. The van der Waals surface area contributed by atoms with Gasteiger partial charge in [0.05, 0.1) is 48.9 Å². The topological polar surface area (TPSA) is 408 Å². The Morgan fingerprint density at radius 2 is 1.01 bits per heavy atom. The number of hydrogen-bond donors (Lipinski definition) is 11. The van der Waals surface area contributed by atoms with E-state index in [4.69, 9.17) is 18.9 Å². The van der Waals surface area contributed by atoms with Gasteiger partial charge in [-0.1, -0.05) is 84.9 Å². The zero-order chi connectivity index (χ0) is 67.1. The second-order valence-electron chi connectivity index (χ2n) is 23.5. The fraction of sp³-hybridized carbons (Fsp3) is 0.522. The minimum absolute atomic E-state index is 0. The summed E-state index contributed by atoms with van der Waals surface area (Å²) < 4.78 is 23.3. The van der Waals surface area contributed by atoms with Gasteiger partial charge >= 0.3 is 59.1 Å². The van der Waals surface area contributed by atoms with E-state index in [1.807, 2.05) is 60.7 Å². The molecule has 5 amide bonds. The van der Waals surface area contributed by atoms with Crippen LogP contribution < -0.4 is 90.8 Å². The number of Topliss-reactive ketones (excluding diaryl/α,β-unsaturated/α-hetero) is 1. The maximum atomic E-state index is 13.2. The molecule has 4 aromatic rings.